The molecular formula is C5H11Ge. The SMILES string of the molecule is CCCC[CH2][Ge]. The molecule has 0 saturated heterocycles. The summed E-state index contributed by atoms with van der Waals surface area (Å²) in [6.45, 7) is 2.23. The third-order valence-corrected chi connectivity index (χ3v) is 1.52. The number of unbranched alkanes of at least 4 members (excludes halogenated alkanes) is 2. The van der Waals surface area contributed by atoms with Crippen LogP contribution in [0.15, 0.2) is 0 Å². The minimum absolute atomic E-state index is 1.36. The quantitative estimate of drug-likeness (QED) is 0.418. The van der Waals surface area contributed by atoms with E-state index in [4.69, 9.17) is 0 Å². The van der Waals surface area contributed by atoms with Crippen LogP contribution in [0.4, 0.5) is 0 Å². The van der Waals surface area contributed by atoms with Gasteiger partial charge in [0.25, 0.3) is 0 Å². The van der Waals surface area contributed by atoms with Crippen molar-refractivity contribution in [1.82, 2.24) is 0 Å². The summed E-state index contributed by atoms with van der Waals surface area (Å²) in [5.74, 6) is 0. The Bertz CT molecular complexity index is 15.9. The van der Waals surface area contributed by atoms with Crippen LogP contribution in [0, 0.1) is 0 Å². The zero-order valence-corrected chi connectivity index (χ0v) is 6.43. The predicted octanol–water partition coefficient (Wildman–Crippen LogP) is 1.76. The topological polar surface area (TPSA) is 0 Å². The maximum absolute atomic E-state index is 2.23. The van der Waals surface area contributed by atoms with Gasteiger partial charge in [0.05, 0.1) is 0 Å². The second kappa shape index (κ2) is 5.54. The monoisotopic (exact) mass is 145 g/mol. The third-order valence-electron chi connectivity index (χ3n) is 0.780. The van der Waals surface area contributed by atoms with Crippen molar-refractivity contribution in [3.63, 3.8) is 0 Å². The van der Waals surface area contributed by atoms with Gasteiger partial charge in [0.1, 0.15) is 0 Å². The molecule has 0 aromatic carbocycles. The van der Waals surface area contributed by atoms with Crippen molar-refractivity contribution in [2.45, 2.75) is 31.4 Å². The van der Waals surface area contributed by atoms with E-state index >= 15 is 0 Å². The number of hydrogen-bond acceptors (Lipinski definition) is 0. The summed E-state index contributed by atoms with van der Waals surface area (Å²) in [5, 5.41) is 1.36. The second-order valence-corrected chi connectivity index (χ2v) is 2.51. The van der Waals surface area contributed by atoms with E-state index in [9.17, 15) is 0 Å². The summed E-state index contributed by atoms with van der Waals surface area (Å²) in [5.41, 5.74) is 0. The van der Waals surface area contributed by atoms with E-state index in [1.54, 1.807) is 0 Å². The molecule has 0 atom stereocenters. The molecule has 0 N–H and O–H groups in total. The van der Waals surface area contributed by atoms with Crippen LogP contribution in [0.3, 0.4) is 0 Å². The standard InChI is InChI=1S/C5H11Ge/c1-2-3-4-5-6/h2-5H2,1H3. The predicted molar refractivity (Wildman–Crippen MR) is 30.1 cm³/mol. The zero-order chi connectivity index (χ0) is 4.83. The van der Waals surface area contributed by atoms with Crippen LogP contribution >= 0.6 is 0 Å². The Kier molecular flexibility index (Phi) is 6.04. The van der Waals surface area contributed by atoms with Gasteiger partial charge in [-0.25, -0.2) is 0 Å². The van der Waals surface area contributed by atoms with E-state index in [0.29, 0.717) is 0 Å². The molecule has 0 heterocycles. The Labute approximate surface area is 48.5 Å². The first kappa shape index (κ1) is 6.54. The van der Waals surface area contributed by atoms with E-state index < -0.39 is 0 Å². The molecule has 6 heavy (non-hydrogen) atoms. The molecule has 0 aromatic heterocycles. The van der Waals surface area contributed by atoms with Crippen molar-refractivity contribution in [3.8, 4) is 0 Å². The van der Waals surface area contributed by atoms with Gasteiger partial charge in [-0.05, 0) is 0 Å². The van der Waals surface area contributed by atoms with Crippen molar-refractivity contribution in [2.24, 2.45) is 0 Å². The summed E-state index contributed by atoms with van der Waals surface area (Å²) >= 11 is 2.23. The second-order valence-electron chi connectivity index (χ2n) is 1.46. The van der Waals surface area contributed by atoms with Crippen molar-refractivity contribution < 1.29 is 0 Å². The molecule has 1 heteroatoms. The zero-order valence-electron chi connectivity index (χ0n) is 4.33. The Morgan fingerprint density at radius 1 is 1.33 bits per heavy atom. The molecule has 35 valence electrons. The van der Waals surface area contributed by atoms with Gasteiger partial charge in [0.15, 0.2) is 0 Å². The summed E-state index contributed by atoms with van der Waals surface area (Å²) in [6, 6.07) is 0. The molecule has 0 fully saturated rings. The molecule has 0 nitrogen and oxygen atoms in total. The Hall–Kier alpha value is 0.543. The van der Waals surface area contributed by atoms with Crippen LogP contribution in [0.25, 0.3) is 0 Å². The normalized spacial score (nSPS) is 9.00. The Morgan fingerprint density at radius 3 is 2.17 bits per heavy atom. The summed E-state index contributed by atoms with van der Waals surface area (Å²) < 4.78 is 0. The van der Waals surface area contributed by atoms with Gasteiger partial charge in [0, 0.05) is 0 Å². The first-order chi connectivity index (χ1) is 2.91. The first-order valence-corrected chi connectivity index (χ1v) is 4.04. The molecule has 0 unspecified atom stereocenters. The average Bonchev–Trinajstić information content (AvgIpc) is 1.61. The molecule has 0 saturated carbocycles. The van der Waals surface area contributed by atoms with E-state index in [1.165, 1.54) is 24.5 Å². The molecule has 0 bridgehead atoms. The van der Waals surface area contributed by atoms with Crippen molar-refractivity contribution in [2.75, 3.05) is 0 Å². The fourth-order valence-electron chi connectivity index (χ4n) is 0.375. The maximum atomic E-state index is 2.23. The van der Waals surface area contributed by atoms with Crippen LogP contribution in [-0.2, 0) is 0 Å². The van der Waals surface area contributed by atoms with Crippen molar-refractivity contribution >= 4 is 16.5 Å². The van der Waals surface area contributed by atoms with Gasteiger partial charge < -0.3 is 0 Å². The fraction of sp³-hybridized carbons (Fsp3) is 1.00. The fourth-order valence-corrected chi connectivity index (χ4v) is 0.900. The van der Waals surface area contributed by atoms with Gasteiger partial charge in [0.2, 0.25) is 0 Å². The molecule has 0 rings (SSSR count). The molecule has 0 amide bonds. The van der Waals surface area contributed by atoms with E-state index in [2.05, 4.69) is 23.4 Å². The van der Waals surface area contributed by atoms with E-state index in [-0.39, 0.29) is 0 Å². The van der Waals surface area contributed by atoms with Gasteiger partial charge >= 0.3 is 48.0 Å². The molecule has 0 aliphatic carbocycles. The summed E-state index contributed by atoms with van der Waals surface area (Å²) in [7, 11) is 0. The first-order valence-electron chi connectivity index (χ1n) is 2.56. The van der Waals surface area contributed by atoms with Crippen LogP contribution in [0.1, 0.15) is 26.2 Å². The molecule has 0 aliphatic heterocycles. The van der Waals surface area contributed by atoms with Crippen LogP contribution in [-0.4, -0.2) is 16.5 Å². The van der Waals surface area contributed by atoms with E-state index in [0.717, 1.165) is 0 Å². The van der Waals surface area contributed by atoms with Crippen molar-refractivity contribution in [1.29, 1.82) is 0 Å². The molecule has 0 aromatic rings. The van der Waals surface area contributed by atoms with Crippen molar-refractivity contribution in [3.05, 3.63) is 0 Å². The van der Waals surface area contributed by atoms with Gasteiger partial charge in [-0.15, -0.1) is 0 Å². The molecule has 3 radical (unpaired) electrons. The Balaban J connectivity index is 2.34. The van der Waals surface area contributed by atoms with Crippen LogP contribution in [0.2, 0.25) is 5.25 Å². The van der Waals surface area contributed by atoms with E-state index in [1.807, 2.05) is 0 Å². The van der Waals surface area contributed by atoms with Crippen LogP contribution < -0.4 is 0 Å². The minimum atomic E-state index is 1.36. The number of hydrogen-bond donors (Lipinski definition) is 0. The summed E-state index contributed by atoms with van der Waals surface area (Å²) in [4.78, 5) is 0. The van der Waals surface area contributed by atoms with Gasteiger partial charge in [-0.2, -0.15) is 0 Å². The van der Waals surface area contributed by atoms with Gasteiger partial charge in [-0.1, -0.05) is 0 Å². The van der Waals surface area contributed by atoms with Crippen LogP contribution in [0.5, 0.6) is 0 Å². The number of rotatable bonds is 3. The van der Waals surface area contributed by atoms with Gasteiger partial charge in [-0.3, -0.25) is 0 Å². The molecule has 0 spiro atoms. The summed E-state index contributed by atoms with van der Waals surface area (Å²) in [6.07, 6.45) is 4.18. The average molecular weight is 144 g/mol. The Morgan fingerprint density at radius 2 is 2.00 bits per heavy atom. The molecular weight excluding hydrogens is 133 g/mol. The third kappa shape index (κ3) is 4.54. The molecule has 0 aliphatic rings.